The summed E-state index contributed by atoms with van der Waals surface area (Å²) in [6, 6.07) is 3.32. The second-order valence-electron chi connectivity index (χ2n) is 3.53. The number of nitriles is 1. The van der Waals surface area contributed by atoms with Crippen molar-refractivity contribution in [2.24, 2.45) is 5.92 Å². The minimum atomic E-state index is -1.19. The summed E-state index contributed by atoms with van der Waals surface area (Å²) in [6.07, 6.45) is 0.495. The number of hydrogen-bond acceptors (Lipinski definition) is 1. The first kappa shape index (κ1) is 11.6. The molecule has 1 aromatic rings. The van der Waals surface area contributed by atoms with E-state index in [1.807, 2.05) is 6.07 Å². The third kappa shape index (κ3) is 2.98. The summed E-state index contributed by atoms with van der Waals surface area (Å²) in [5.41, 5.74) is 0.108. The van der Waals surface area contributed by atoms with Gasteiger partial charge in [-0.2, -0.15) is 5.26 Å². The number of benzene rings is 1. The Kier molecular flexibility index (Phi) is 3.73. The van der Waals surface area contributed by atoms with Gasteiger partial charge in [-0.3, -0.25) is 0 Å². The first-order valence-corrected chi connectivity index (χ1v) is 4.55. The van der Waals surface area contributed by atoms with Crippen molar-refractivity contribution in [1.29, 1.82) is 5.26 Å². The van der Waals surface area contributed by atoms with E-state index in [4.69, 9.17) is 5.26 Å². The van der Waals surface area contributed by atoms with E-state index in [9.17, 15) is 13.2 Å². The average Bonchev–Trinajstić information content (AvgIpc) is 2.14. The maximum Gasteiger partial charge on any atom is 0.161 e. The van der Waals surface area contributed by atoms with Crippen molar-refractivity contribution in [2.45, 2.75) is 19.8 Å². The molecule has 1 nitrogen and oxygen atoms in total. The number of nitrogens with zero attached hydrogens (tertiary/aromatic N) is 1. The molecule has 0 spiro atoms. The van der Waals surface area contributed by atoms with Gasteiger partial charge in [-0.25, -0.2) is 13.2 Å². The molecular weight excluding hydrogens is 203 g/mol. The van der Waals surface area contributed by atoms with Gasteiger partial charge in [-0.15, -0.1) is 0 Å². The maximum atomic E-state index is 13.1. The zero-order valence-electron chi connectivity index (χ0n) is 8.23. The lowest BCUT2D eigenvalue weighted by Crippen LogP contribution is -2.02. The highest BCUT2D eigenvalue weighted by molar-refractivity contribution is 5.20. The smallest absolute Gasteiger partial charge is 0.161 e. The van der Waals surface area contributed by atoms with Crippen LogP contribution in [0.25, 0.3) is 0 Å². The lowest BCUT2D eigenvalue weighted by atomic mass is 9.98. The molecule has 80 valence electrons. The fourth-order valence-electron chi connectivity index (χ4n) is 1.32. The molecule has 0 aliphatic rings. The Morgan fingerprint density at radius 1 is 1.20 bits per heavy atom. The van der Waals surface area contributed by atoms with Gasteiger partial charge in [0.1, 0.15) is 5.82 Å². The van der Waals surface area contributed by atoms with Crippen molar-refractivity contribution in [2.75, 3.05) is 0 Å². The normalized spacial score (nSPS) is 12.2. The van der Waals surface area contributed by atoms with Crippen molar-refractivity contribution in [3.63, 3.8) is 0 Å². The van der Waals surface area contributed by atoms with Crippen molar-refractivity contribution >= 4 is 0 Å². The van der Waals surface area contributed by atoms with Crippen LogP contribution < -0.4 is 0 Å². The van der Waals surface area contributed by atoms with Crippen LogP contribution in [-0.4, -0.2) is 0 Å². The van der Waals surface area contributed by atoms with E-state index >= 15 is 0 Å². The highest BCUT2D eigenvalue weighted by Gasteiger charge is 2.12. The van der Waals surface area contributed by atoms with Crippen LogP contribution in [-0.2, 0) is 6.42 Å². The predicted octanol–water partition coefficient (Wildman–Crippen LogP) is 3.20. The third-order valence-corrected chi connectivity index (χ3v) is 2.10. The molecule has 0 aromatic heterocycles. The molecular formula is C11H10F3N. The molecule has 1 atom stereocenters. The molecule has 4 heteroatoms. The Morgan fingerprint density at radius 2 is 1.80 bits per heavy atom. The van der Waals surface area contributed by atoms with Gasteiger partial charge in [0.15, 0.2) is 11.6 Å². The molecule has 0 aliphatic carbocycles. The van der Waals surface area contributed by atoms with Gasteiger partial charge < -0.3 is 0 Å². The van der Waals surface area contributed by atoms with E-state index in [0.29, 0.717) is 6.07 Å². The van der Waals surface area contributed by atoms with Gasteiger partial charge in [0.05, 0.1) is 6.07 Å². The molecule has 0 radical (unpaired) electrons. The Hall–Kier alpha value is -1.50. The SMILES string of the molecule is C[C@@H](CC#N)Cc1cc(F)c(F)cc1F. The molecule has 0 amide bonds. The van der Waals surface area contributed by atoms with Gasteiger partial charge in [0.25, 0.3) is 0 Å². The number of rotatable bonds is 3. The Bertz CT molecular complexity index is 396. The van der Waals surface area contributed by atoms with Crippen LogP contribution in [0.15, 0.2) is 12.1 Å². The number of hydrogen-bond donors (Lipinski definition) is 0. The molecule has 0 unspecified atom stereocenters. The molecule has 0 bridgehead atoms. The van der Waals surface area contributed by atoms with E-state index in [2.05, 4.69) is 0 Å². The fraction of sp³-hybridized carbons (Fsp3) is 0.364. The summed E-state index contributed by atoms with van der Waals surface area (Å²) in [5, 5.41) is 8.40. The van der Waals surface area contributed by atoms with Crippen LogP contribution in [0.3, 0.4) is 0 Å². The highest BCUT2D eigenvalue weighted by atomic mass is 19.2. The largest absolute Gasteiger partial charge is 0.207 e. The Balaban J connectivity index is 2.87. The second kappa shape index (κ2) is 4.83. The van der Waals surface area contributed by atoms with Gasteiger partial charge in [-0.1, -0.05) is 6.92 Å². The maximum absolute atomic E-state index is 13.1. The lowest BCUT2D eigenvalue weighted by Gasteiger charge is -2.08. The monoisotopic (exact) mass is 213 g/mol. The minimum absolute atomic E-state index is 0.0747. The molecule has 1 aromatic carbocycles. The van der Waals surface area contributed by atoms with Gasteiger partial charge in [0, 0.05) is 12.5 Å². The predicted molar refractivity (Wildman–Crippen MR) is 49.4 cm³/mol. The Labute approximate surface area is 86.1 Å². The molecule has 1 rings (SSSR count). The van der Waals surface area contributed by atoms with Crippen LogP contribution in [0.5, 0.6) is 0 Å². The summed E-state index contributed by atoms with van der Waals surface area (Å²) in [7, 11) is 0. The van der Waals surface area contributed by atoms with Gasteiger partial charge in [0.2, 0.25) is 0 Å². The second-order valence-corrected chi connectivity index (χ2v) is 3.53. The molecule has 0 fully saturated rings. The molecule has 0 saturated carbocycles. The van der Waals surface area contributed by atoms with Crippen LogP contribution in [0, 0.1) is 34.7 Å². The highest BCUT2D eigenvalue weighted by Crippen LogP contribution is 2.18. The summed E-state index contributed by atoms with van der Waals surface area (Å²) >= 11 is 0. The van der Waals surface area contributed by atoms with Crippen LogP contribution in [0.2, 0.25) is 0 Å². The molecule has 0 heterocycles. The van der Waals surface area contributed by atoms with Crippen LogP contribution in [0.4, 0.5) is 13.2 Å². The van der Waals surface area contributed by atoms with Crippen molar-refractivity contribution in [3.8, 4) is 6.07 Å². The summed E-state index contributed by atoms with van der Waals surface area (Å²) in [4.78, 5) is 0. The van der Waals surface area contributed by atoms with E-state index in [0.717, 1.165) is 6.07 Å². The molecule has 0 N–H and O–H groups in total. The summed E-state index contributed by atoms with van der Waals surface area (Å²) in [6.45, 7) is 1.75. The molecule has 15 heavy (non-hydrogen) atoms. The zero-order chi connectivity index (χ0) is 11.4. The topological polar surface area (TPSA) is 23.8 Å². The van der Waals surface area contributed by atoms with Crippen molar-refractivity contribution in [3.05, 3.63) is 35.1 Å². The molecule has 0 aliphatic heterocycles. The lowest BCUT2D eigenvalue weighted by molar-refractivity contribution is 0.482. The molecule has 0 saturated heterocycles. The van der Waals surface area contributed by atoms with Crippen molar-refractivity contribution < 1.29 is 13.2 Å². The van der Waals surface area contributed by atoms with Crippen LogP contribution >= 0.6 is 0 Å². The fourth-order valence-corrected chi connectivity index (χ4v) is 1.32. The van der Waals surface area contributed by atoms with Crippen molar-refractivity contribution in [1.82, 2.24) is 0 Å². The van der Waals surface area contributed by atoms with E-state index in [1.54, 1.807) is 6.92 Å². The summed E-state index contributed by atoms with van der Waals surface area (Å²) in [5.74, 6) is -3.09. The Morgan fingerprint density at radius 3 is 2.40 bits per heavy atom. The van der Waals surface area contributed by atoms with E-state index in [1.165, 1.54) is 0 Å². The first-order chi connectivity index (χ1) is 7.04. The zero-order valence-corrected chi connectivity index (χ0v) is 8.23. The van der Waals surface area contributed by atoms with E-state index in [-0.39, 0.29) is 24.3 Å². The summed E-state index contributed by atoms with van der Waals surface area (Å²) < 4.78 is 38.5. The van der Waals surface area contributed by atoms with Gasteiger partial charge >= 0.3 is 0 Å². The third-order valence-electron chi connectivity index (χ3n) is 2.10. The van der Waals surface area contributed by atoms with Crippen LogP contribution in [0.1, 0.15) is 18.9 Å². The van der Waals surface area contributed by atoms with E-state index < -0.39 is 17.5 Å². The average molecular weight is 213 g/mol. The number of halogens is 3. The van der Waals surface area contributed by atoms with Gasteiger partial charge in [-0.05, 0) is 24.0 Å². The minimum Gasteiger partial charge on any atom is -0.207 e. The quantitative estimate of drug-likeness (QED) is 0.707. The first-order valence-electron chi connectivity index (χ1n) is 4.55. The standard InChI is InChI=1S/C11H10F3N/c1-7(2-3-15)4-8-5-10(13)11(14)6-9(8)12/h5-7H,2,4H2,1H3/t7-/m0/s1.